The highest BCUT2D eigenvalue weighted by atomic mass is 32.2. The molecule has 0 radical (unpaired) electrons. The number of furan rings is 1. The summed E-state index contributed by atoms with van der Waals surface area (Å²) in [5, 5.41) is 8.95. The Hall–Kier alpha value is -1.82. The van der Waals surface area contributed by atoms with Crippen LogP contribution in [0.25, 0.3) is 0 Å². The Morgan fingerprint density at radius 3 is 2.44 bits per heavy atom. The van der Waals surface area contributed by atoms with Crippen LogP contribution in [0.2, 0.25) is 0 Å². The molecule has 2 rings (SSSR count). The molecule has 0 saturated heterocycles. The molecule has 6 heteroatoms. The van der Waals surface area contributed by atoms with Crippen molar-refractivity contribution in [3.63, 3.8) is 0 Å². The van der Waals surface area contributed by atoms with E-state index in [1.54, 1.807) is 0 Å². The molecule has 1 N–H and O–H groups in total. The molecular weight excluding hydrogens is 262 g/mol. The summed E-state index contributed by atoms with van der Waals surface area (Å²) in [6.07, 6.45) is 0. The number of aromatic carboxylic acids is 1. The minimum Gasteiger partial charge on any atom is -0.475 e. The third kappa shape index (κ3) is 2.70. The van der Waals surface area contributed by atoms with E-state index in [0.717, 1.165) is 11.8 Å². The Balaban J connectivity index is 2.09. The number of thioether (sulfide) groups is 1. The van der Waals surface area contributed by atoms with E-state index in [1.807, 2.05) is 0 Å². The molecule has 0 aliphatic rings. The molecule has 0 fully saturated rings. The minimum absolute atomic E-state index is 0.0328. The van der Waals surface area contributed by atoms with Crippen LogP contribution in [0.4, 0.5) is 8.78 Å². The number of carbonyl (C=O) groups is 1. The number of rotatable bonds is 4. The van der Waals surface area contributed by atoms with Crippen LogP contribution in [-0.4, -0.2) is 11.1 Å². The van der Waals surface area contributed by atoms with Crippen molar-refractivity contribution in [2.75, 3.05) is 0 Å². The molecule has 94 valence electrons. The Labute approximate surface area is 105 Å². The number of carboxylic acids is 1. The lowest BCUT2D eigenvalue weighted by molar-refractivity contribution is 0.0656. The summed E-state index contributed by atoms with van der Waals surface area (Å²) in [6.45, 7) is 0. The van der Waals surface area contributed by atoms with Crippen molar-refractivity contribution in [1.29, 1.82) is 0 Å². The zero-order valence-corrected chi connectivity index (χ0v) is 9.84. The van der Waals surface area contributed by atoms with Gasteiger partial charge in [-0.1, -0.05) is 17.8 Å². The topological polar surface area (TPSA) is 50.4 Å². The molecule has 0 unspecified atom stereocenters. The van der Waals surface area contributed by atoms with Crippen LogP contribution in [0.1, 0.15) is 16.1 Å². The van der Waals surface area contributed by atoms with Crippen molar-refractivity contribution in [2.24, 2.45) is 0 Å². The first kappa shape index (κ1) is 12.6. The zero-order valence-electron chi connectivity index (χ0n) is 9.02. The van der Waals surface area contributed by atoms with E-state index in [4.69, 9.17) is 9.52 Å². The second-order valence-corrected chi connectivity index (χ2v) is 4.39. The van der Waals surface area contributed by atoms with Crippen molar-refractivity contribution in [3.8, 4) is 0 Å². The van der Waals surface area contributed by atoms with Crippen molar-refractivity contribution in [3.05, 3.63) is 53.3 Å². The fourth-order valence-corrected chi connectivity index (χ4v) is 2.20. The number of hydrogen-bond donors (Lipinski definition) is 1. The van der Waals surface area contributed by atoms with Gasteiger partial charge in [-0.25, -0.2) is 13.6 Å². The van der Waals surface area contributed by atoms with Crippen LogP contribution in [0.3, 0.4) is 0 Å². The van der Waals surface area contributed by atoms with Crippen LogP contribution < -0.4 is 0 Å². The van der Waals surface area contributed by atoms with E-state index in [1.165, 1.54) is 30.3 Å². The summed E-state index contributed by atoms with van der Waals surface area (Å²) in [6, 6.07) is 6.37. The highest BCUT2D eigenvalue weighted by Crippen LogP contribution is 2.27. The van der Waals surface area contributed by atoms with Gasteiger partial charge in [0, 0.05) is 11.3 Å². The molecule has 0 aliphatic carbocycles. The summed E-state index contributed by atoms with van der Waals surface area (Å²) >= 11 is 1.03. The molecule has 0 atom stereocenters. The minimum atomic E-state index is -1.18. The summed E-state index contributed by atoms with van der Waals surface area (Å²) in [7, 11) is 0. The van der Waals surface area contributed by atoms with Gasteiger partial charge in [0.25, 0.3) is 0 Å². The molecule has 0 bridgehead atoms. The maximum Gasteiger partial charge on any atom is 0.371 e. The quantitative estimate of drug-likeness (QED) is 0.863. The van der Waals surface area contributed by atoms with Gasteiger partial charge in [0.2, 0.25) is 5.76 Å². The number of benzene rings is 1. The summed E-state index contributed by atoms with van der Waals surface area (Å²) in [5.74, 6) is -2.61. The molecule has 0 aliphatic heterocycles. The first-order valence-electron chi connectivity index (χ1n) is 4.96. The highest BCUT2D eigenvalue weighted by molar-refractivity contribution is 7.98. The van der Waals surface area contributed by atoms with E-state index in [0.29, 0.717) is 5.09 Å². The standard InChI is InChI=1S/C12H8F2O3S/c13-8-2-1-3-9(14)7(8)6-18-11-5-4-10(17-11)12(15)16/h1-5H,6H2,(H,15,16). The van der Waals surface area contributed by atoms with Gasteiger partial charge in [-0.2, -0.15) is 0 Å². The van der Waals surface area contributed by atoms with Crippen LogP contribution in [0.5, 0.6) is 0 Å². The average molecular weight is 270 g/mol. The molecule has 0 saturated carbocycles. The van der Waals surface area contributed by atoms with Gasteiger partial charge in [0.15, 0.2) is 5.09 Å². The Morgan fingerprint density at radius 1 is 1.22 bits per heavy atom. The molecule has 1 aromatic carbocycles. The van der Waals surface area contributed by atoms with Gasteiger partial charge < -0.3 is 9.52 Å². The normalized spacial score (nSPS) is 10.6. The SMILES string of the molecule is O=C(O)c1ccc(SCc2c(F)cccc2F)o1. The van der Waals surface area contributed by atoms with Gasteiger partial charge in [0.05, 0.1) is 0 Å². The van der Waals surface area contributed by atoms with Crippen LogP contribution >= 0.6 is 11.8 Å². The maximum absolute atomic E-state index is 13.3. The number of carboxylic acid groups (broad SMARTS) is 1. The zero-order chi connectivity index (χ0) is 13.1. The fourth-order valence-electron chi connectivity index (χ4n) is 1.33. The van der Waals surface area contributed by atoms with Crippen molar-refractivity contribution >= 4 is 17.7 Å². The van der Waals surface area contributed by atoms with E-state index < -0.39 is 17.6 Å². The fraction of sp³-hybridized carbons (Fsp3) is 0.0833. The number of hydrogen-bond acceptors (Lipinski definition) is 3. The Bertz CT molecular complexity index is 560. The summed E-state index contributed by atoms with van der Waals surface area (Å²) < 4.78 is 31.6. The third-order valence-electron chi connectivity index (χ3n) is 2.21. The van der Waals surface area contributed by atoms with E-state index in [9.17, 15) is 13.6 Å². The molecule has 2 aromatic rings. The second kappa shape index (κ2) is 5.22. The van der Waals surface area contributed by atoms with Gasteiger partial charge >= 0.3 is 5.97 Å². The third-order valence-corrected chi connectivity index (χ3v) is 3.15. The van der Waals surface area contributed by atoms with Gasteiger partial charge in [-0.05, 0) is 24.3 Å². The molecular formula is C12H8F2O3S. The van der Waals surface area contributed by atoms with Gasteiger partial charge in [-0.3, -0.25) is 0 Å². The maximum atomic E-state index is 13.3. The van der Waals surface area contributed by atoms with Crippen molar-refractivity contribution in [1.82, 2.24) is 0 Å². The largest absolute Gasteiger partial charge is 0.475 e. The second-order valence-electron chi connectivity index (χ2n) is 3.41. The smallest absolute Gasteiger partial charge is 0.371 e. The summed E-state index contributed by atoms with van der Waals surface area (Å²) in [5.41, 5.74) is -0.0595. The molecule has 0 amide bonds. The average Bonchev–Trinajstić information content (AvgIpc) is 2.77. The Kier molecular flexibility index (Phi) is 3.66. The monoisotopic (exact) mass is 270 g/mol. The lowest BCUT2D eigenvalue weighted by Crippen LogP contribution is -1.93. The molecule has 18 heavy (non-hydrogen) atoms. The summed E-state index contributed by atoms with van der Waals surface area (Å²) in [4.78, 5) is 10.6. The highest BCUT2D eigenvalue weighted by Gasteiger charge is 2.12. The van der Waals surface area contributed by atoms with Crippen LogP contribution in [-0.2, 0) is 5.75 Å². The van der Waals surface area contributed by atoms with Gasteiger partial charge in [0.1, 0.15) is 11.6 Å². The molecule has 3 nitrogen and oxygen atoms in total. The first-order valence-corrected chi connectivity index (χ1v) is 5.95. The predicted molar refractivity (Wildman–Crippen MR) is 61.6 cm³/mol. The van der Waals surface area contributed by atoms with E-state index in [-0.39, 0.29) is 17.1 Å². The number of halogens is 2. The van der Waals surface area contributed by atoms with Crippen molar-refractivity contribution < 1.29 is 23.1 Å². The van der Waals surface area contributed by atoms with Gasteiger partial charge in [-0.15, -0.1) is 0 Å². The van der Waals surface area contributed by atoms with Crippen LogP contribution in [0, 0.1) is 11.6 Å². The predicted octanol–water partition coefficient (Wildman–Crippen LogP) is 3.55. The molecule has 1 heterocycles. The lowest BCUT2D eigenvalue weighted by atomic mass is 10.2. The Morgan fingerprint density at radius 2 is 1.89 bits per heavy atom. The molecule has 0 spiro atoms. The first-order chi connectivity index (χ1) is 8.58. The van der Waals surface area contributed by atoms with E-state index in [2.05, 4.69) is 0 Å². The lowest BCUT2D eigenvalue weighted by Gasteiger charge is -2.02. The van der Waals surface area contributed by atoms with Crippen LogP contribution in [0.15, 0.2) is 39.8 Å². The molecule has 1 aromatic heterocycles. The van der Waals surface area contributed by atoms with Crippen molar-refractivity contribution in [2.45, 2.75) is 10.8 Å². The van der Waals surface area contributed by atoms with E-state index >= 15 is 0 Å².